The normalized spacial score (nSPS) is 11.4. The van der Waals surface area contributed by atoms with Crippen molar-refractivity contribution in [1.82, 2.24) is 9.55 Å². The Kier molecular flexibility index (Phi) is 2.26. The Morgan fingerprint density at radius 3 is 2.87 bits per heavy atom. The average molecular weight is 206 g/mol. The maximum atomic E-state index is 11.6. The lowest BCUT2D eigenvalue weighted by Gasteiger charge is -2.05. The van der Waals surface area contributed by atoms with E-state index in [0.717, 1.165) is 5.52 Å². The molecule has 0 radical (unpaired) electrons. The molecule has 1 heterocycles. The van der Waals surface area contributed by atoms with E-state index in [9.17, 15) is 9.90 Å². The van der Waals surface area contributed by atoms with E-state index in [1.807, 2.05) is 19.9 Å². The Morgan fingerprint density at radius 2 is 2.20 bits per heavy atom. The van der Waals surface area contributed by atoms with E-state index in [1.54, 1.807) is 16.7 Å². The topological polar surface area (TPSA) is 58.0 Å². The maximum Gasteiger partial charge on any atom is 0.326 e. The Bertz CT molecular complexity index is 537. The highest BCUT2D eigenvalue weighted by molar-refractivity contribution is 5.81. The number of imidazole rings is 1. The van der Waals surface area contributed by atoms with E-state index >= 15 is 0 Å². The van der Waals surface area contributed by atoms with Crippen LogP contribution in [-0.4, -0.2) is 14.7 Å². The SMILES string of the molecule is CC(C)Cn1c(=O)[nH]c2c(O)cccc21. The average Bonchev–Trinajstić information content (AvgIpc) is 2.45. The van der Waals surface area contributed by atoms with Gasteiger partial charge in [-0.15, -0.1) is 0 Å². The second kappa shape index (κ2) is 3.46. The number of phenolic OH excluding ortho intramolecular Hbond substituents is 1. The van der Waals surface area contributed by atoms with E-state index in [4.69, 9.17) is 0 Å². The molecule has 0 saturated heterocycles. The van der Waals surface area contributed by atoms with Gasteiger partial charge in [-0.1, -0.05) is 19.9 Å². The van der Waals surface area contributed by atoms with E-state index < -0.39 is 0 Å². The minimum Gasteiger partial charge on any atom is -0.506 e. The van der Waals surface area contributed by atoms with Crippen LogP contribution < -0.4 is 5.69 Å². The van der Waals surface area contributed by atoms with Gasteiger partial charge in [0.25, 0.3) is 0 Å². The van der Waals surface area contributed by atoms with Gasteiger partial charge >= 0.3 is 5.69 Å². The van der Waals surface area contributed by atoms with Crippen LogP contribution in [0.5, 0.6) is 5.75 Å². The lowest BCUT2D eigenvalue weighted by molar-refractivity contribution is 0.480. The summed E-state index contributed by atoms with van der Waals surface area (Å²) in [4.78, 5) is 14.3. The van der Waals surface area contributed by atoms with Gasteiger partial charge in [0.15, 0.2) is 0 Å². The summed E-state index contributed by atoms with van der Waals surface area (Å²) in [6.07, 6.45) is 0. The number of para-hydroxylation sites is 1. The van der Waals surface area contributed by atoms with Crippen LogP contribution in [-0.2, 0) is 6.54 Å². The highest BCUT2D eigenvalue weighted by Crippen LogP contribution is 2.21. The van der Waals surface area contributed by atoms with Crippen molar-refractivity contribution in [3.63, 3.8) is 0 Å². The molecule has 4 nitrogen and oxygen atoms in total. The molecule has 0 saturated carbocycles. The zero-order chi connectivity index (χ0) is 11.0. The molecule has 1 aromatic carbocycles. The number of aromatic amines is 1. The molecule has 80 valence electrons. The number of fused-ring (bicyclic) bond motifs is 1. The second-order valence-electron chi connectivity index (χ2n) is 4.11. The summed E-state index contributed by atoms with van der Waals surface area (Å²) in [7, 11) is 0. The van der Waals surface area contributed by atoms with Gasteiger partial charge in [-0.2, -0.15) is 0 Å². The van der Waals surface area contributed by atoms with E-state index in [2.05, 4.69) is 4.98 Å². The summed E-state index contributed by atoms with van der Waals surface area (Å²) in [5.74, 6) is 0.510. The molecule has 2 N–H and O–H groups in total. The third-order valence-corrected chi connectivity index (χ3v) is 2.34. The zero-order valence-electron chi connectivity index (χ0n) is 8.82. The molecule has 0 aliphatic carbocycles. The summed E-state index contributed by atoms with van der Waals surface area (Å²) in [5.41, 5.74) is 1.11. The molecule has 0 amide bonds. The number of nitrogens with zero attached hydrogens (tertiary/aromatic N) is 1. The molecule has 15 heavy (non-hydrogen) atoms. The number of hydrogen-bond acceptors (Lipinski definition) is 2. The van der Waals surface area contributed by atoms with E-state index in [1.165, 1.54) is 0 Å². The van der Waals surface area contributed by atoms with Gasteiger partial charge in [0.05, 0.1) is 5.52 Å². The predicted molar refractivity (Wildman–Crippen MR) is 59.1 cm³/mol. The molecule has 0 aliphatic rings. The molecular formula is C11H14N2O2. The lowest BCUT2D eigenvalue weighted by Crippen LogP contribution is -2.19. The first-order chi connectivity index (χ1) is 7.09. The molecule has 2 aromatic rings. The fourth-order valence-corrected chi connectivity index (χ4v) is 1.71. The summed E-state index contributed by atoms with van der Waals surface area (Å²) < 4.78 is 1.65. The number of aromatic hydroxyl groups is 1. The van der Waals surface area contributed by atoms with Gasteiger partial charge in [0, 0.05) is 6.54 Å². The summed E-state index contributed by atoms with van der Waals surface area (Å²) in [6, 6.07) is 5.13. The number of benzene rings is 1. The van der Waals surface area contributed by atoms with E-state index in [-0.39, 0.29) is 11.4 Å². The first kappa shape index (κ1) is 9.83. The molecule has 0 bridgehead atoms. The van der Waals surface area contributed by atoms with Crippen LogP contribution in [0.25, 0.3) is 11.0 Å². The van der Waals surface area contributed by atoms with Gasteiger partial charge in [-0.3, -0.25) is 4.57 Å². The fourth-order valence-electron chi connectivity index (χ4n) is 1.71. The van der Waals surface area contributed by atoms with Crippen molar-refractivity contribution in [3.05, 3.63) is 28.7 Å². The standard InChI is InChI=1S/C11H14N2O2/c1-7(2)6-13-8-4-3-5-9(14)10(8)12-11(13)15/h3-5,7,14H,6H2,1-2H3,(H,12,15). The van der Waals surface area contributed by atoms with Gasteiger partial charge in [-0.25, -0.2) is 4.79 Å². The second-order valence-corrected chi connectivity index (χ2v) is 4.11. The van der Waals surface area contributed by atoms with Crippen molar-refractivity contribution in [2.45, 2.75) is 20.4 Å². The van der Waals surface area contributed by atoms with Crippen molar-refractivity contribution in [1.29, 1.82) is 0 Å². The molecule has 4 heteroatoms. The molecule has 0 spiro atoms. The van der Waals surface area contributed by atoms with Crippen molar-refractivity contribution in [3.8, 4) is 5.75 Å². The third kappa shape index (κ3) is 1.63. The van der Waals surface area contributed by atoms with Gasteiger partial charge in [0.1, 0.15) is 11.3 Å². The number of nitrogens with one attached hydrogen (secondary N) is 1. The lowest BCUT2D eigenvalue weighted by atomic mass is 10.2. The molecule has 0 aliphatic heterocycles. The van der Waals surface area contributed by atoms with Crippen LogP contribution >= 0.6 is 0 Å². The van der Waals surface area contributed by atoms with Crippen LogP contribution in [0.3, 0.4) is 0 Å². The quantitative estimate of drug-likeness (QED) is 0.785. The smallest absolute Gasteiger partial charge is 0.326 e. The summed E-state index contributed by atoms with van der Waals surface area (Å²) >= 11 is 0. The third-order valence-electron chi connectivity index (χ3n) is 2.34. The monoisotopic (exact) mass is 206 g/mol. The number of rotatable bonds is 2. The van der Waals surface area contributed by atoms with Crippen LogP contribution in [0.1, 0.15) is 13.8 Å². The highest BCUT2D eigenvalue weighted by Gasteiger charge is 2.09. The van der Waals surface area contributed by atoms with Crippen molar-refractivity contribution >= 4 is 11.0 Å². The van der Waals surface area contributed by atoms with Crippen LogP contribution in [0.2, 0.25) is 0 Å². The Balaban J connectivity index is 2.69. The fraction of sp³-hybridized carbons (Fsp3) is 0.364. The molecule has 0 unspecified atom stereocenters. The first-order valence-corrected chi connectivity index (χ1v) is 5.00. The van der Waals surface area contributed by atoms with E-state index in [0.29, 0.717) is 18.0 Å². The van der Waals surface area contributed by atoms with Crippen molar-refractivity contribution in [2.75, 3.05) is 0 Å². The maximum absolute atomic E-state index is 11.6. The van der Waals surface area contributed by atoms with Crippen LogP contribution in [0.4, 0.5) is 0 Å². The van der Waals surface area contributed by atoms with Crippen molar-refractivity contribution in [2.24, 2.45) is 5.92 Å². The largest absolute Gasteiger partial charge is 0.506 e. The minimum absolute atomic E-state index is 0.118. The summed E-state index contributed by atoms with van der Waals surface area (Å²) in [5, 5.41) is 9.56. The molecule has 0 atom stereocenters. The highest BCUT2D eigenvalue weighted by atomic mass is 16.3. The molecule has 1 aromatic heterocycles. The van der Waals surface area contributed by atoms with Crippen LogP contribution in [0.15, 0.2) is 23.0 Å². The molecular weight excluding hydrogens is 192 g/mol. The Labute approximate surface area is 87.2 Å². The number of aromatic nitrogens is 2. The Morgan fingerprint density at radius 1 is 1.47 bits per heavy atom. The predicted octanol–water partition coefficient (Wildman–Crippen LogP) is 1.69. The summed E-state index contributed by atoms with van der Waals surface area (Å²) in [6.45, 7) is 4.75. The van der Waals surface area contributed by atoms with Crippen LogP contribution in [0, 0.1) is 5.92 Å². The van der Waals surface area contributed by atoms with Gasteiger partial charge in [-0.05, 0) is 18.1 Å². The number of H-pyrrole nitrogens is 1. The number of hydrogen-bond donors (Lipinski definition) is 2. The van der Waals surface area contributed by atoms with Gasteiger partial charge in [0.2, 0.25) is 0 Å². The molecule has 0 fully saturated rings. The minimum atomic E-state index is -0.166. The zero-order valence-corrected chi connectivity index (χ0v) is 8.82. The Hall–Kier alpha value is -1.71. The molecule has 2 rings (SSSR count). The van der Waals surface area contributed by atoms with Crippen molar-refractivity contribution < 1.29 is 5.11 Å². The first-order valence-electron chi connectivity index (χ1n) is 5.00. The number of phenols is 1. The van der Waals surface area contributed by atoms with Gasteiger partial charge < -0.3 is 10.1 Å².